The Bertz CT molecular complexity index is 537. The first-order valence-corrected chi connectivity index (χ1v) is 6.69. The number of rotatable bonds is 2. The van der Waals surface area contributed by atoms with Gasteiger partial charge < -0.3 is 0 Å². The molecule has 0 spiro atoms. The molecule has 2 rings (SSSR count). The van der Waals surface area contributed by atoms with Gasteiger partial charge in [-0.15, -0.1) is 11.3 Å². The topological polar surface area (TPSA) is 23.8 Å². The Hall–Kier alpha value is -1.11. The molecule has 3 heteroatoms. The zero-order valence-electron chi connectivity index (χ0n) is 8.77. The van der Waals surface area contributed by atoms with Crippen LogP contribution in [0.25, 0.3) is 10.4 Å². The molecule has 1 atom stereocenters. The van der Waals surface area contributed by atoms with Crippen molar-refractivity contribution in [3.63, 3.8) is 0 Å². The van der Waals surface area contributed by atoms with Crippen LogP contribution in [0.2, 0.25) is 0 Å². The first-order chi connectivity index (χ1) is 7.72. The third-order valence-electron chi connectivity index (χ3n) is 2.33. The molecule has 0 saturated heterocycles. The highest BCUT2D eigenvalue weighted by atomic mass is 79.9. The molecule has 0 saturated carbocycles. The number of thiophene rings is 1. The standard InChI is InChI=1S/C13H10BrNS/c1-9(14)12-6-7-13(16-12)11-5-3-2-4-10(11)8-15/h2-7,9H,1H3. The summed E-state index contributed by atoms with van der Waals surface area (Å²) in [6.45, 7) is 2.10. The third-order valence-corrected chi connectivity index (χ3v) is 4.43. The second-order valence-electron chi connectivity index (χ2n) is 3.48. The number of nitriles is 1. The first kappa shape index (κ1) is 11.4. The highest BCUT2D eigenvalue weighted by molar-refractivity contribution is 9.09. The summed E-state index contributed by atoms with van der Waals surface area (Å²) in [5.41, 5.74) is 1.76. The summed E-state index contributed by atoms with van der Waals surface area (Å²) in [7, 11) is 0. The number of alkyl halides is 1. The summed E-state index contributed by atoms with van der Waals surface area (Å²) in [5, 5.41) is 9.04. The molecule has 0 amide bonds. The number of benzene rings is 1. The van der Waals surface area contributed by atoms with Crippen molar-refractivity contribution in [2.75, 3.05) is 0 Å². The molecular weight excluding hydrogens is 282 g/mol. The van der Waals surface area contributed by atoms with Crippen LogP contribution in [0.1, 0.15) is 22.2 Å². The van der Waals surface area contributed by atoms with Crippen molar-refractivity contribution in [2.45, 2.75) is 11.8 Å². The van der Waals surface area contributed by atoms with Crippen LogP contribution >= 0.6 is 27.3 Å². The van der Waals surface area contributed by atoms with Crippen LogP contribution in [0.4, 0.5) is 0 Å². The van der Waals surface area contributed by atoms with E-state index >= 15 is 0 Å². The predicted molar refractivity (Wildman–Crippen MR) is 71.8 cm³/mol. The van der Waals surface area contributed by atoms with Crippen molar-refractivity contribution in [2.24, 2.45) is 0 Å². The Morgan fingerprint density at radius 3 is 2.62 bits per heavy atom. The van der Waals surface area contributed by atoms with E-state index in [1.807, 2.05) is 24.3 Å². The molecule has 1 nitrogen and oxygen atoms in total. The summed E-state index contributed by atoms with van der Waals surface area (Å²) < 4.78 is 0. The molecule has 2 aromatic rings. The molecule has 0 N–H and O–H groups in total. The van der Waals surface area contributed by atoms with Crippen LogP contribution in [-0.4, -0.2) is 0 Å². The number of hydrogen-bond donors (Lipinski definition) is 0. The fraction of sp³-hybridized carbons (Fsp3) is 0.154. The van der Waals surface area contributed by atoms with Gasteiger partial charge in [0.2, 0.25) is 0 Å². The van der Waals surface area contributed by atoms with Crippen LogP contribution < -0.4 is 0 Å². The molecule has 80 valence electrons. The summed E-state index contributed by atoms with van der Waals surface area (Å²) in [6.07, 6.45) is 0. The smallest absolute Gasteiger partial charge is 0.0998 e. The highest BCUT2D eigenvalue weighted by Gasteiger charge is 2.09. The van der Waals surface area contributed by atoms with Gasteiger partial charge in [0.15, 0.2) is 0 Å². The van der Waals surface area contributed by atoms with E-state index in [0.717, 1.165) is 16.0 Å². The van der Waals surface area contributed by atoms with Gasteiger partial charge in [0.25, 0.3) is 0 Å². The fourth-order valence-electron chi connectivity index (χ4n) is 1.51. The van der Waals surface area contributed by atoms with Crippen LogP contribution in [0.15, 0.2) is 36.4 Å². The van der Waals surface area contributed by atoms with Crippen molar-refractivity contribution in [1.82, 2.24) is 0 Å². The van der Waals surface area contributed by atoms with E-state index in [0.29, 0.717) is 4.83 Å². The van der Waals surface area contributed by atoms with E-state index in [2.05, 4.69) is 41.1 Å². The van der Waals surface area contributed by atoms with Gasteiger partial charge in [-0.2, -0.15) is 5.26 Å². The first-order valence-electron chi connectivity index (χ1n) is 4.95. The largest absolute Gasteiger partial charge is 0.192 e. The minimum atomic E-state index is 0.362. The molecule has 1 aromatic heterocycles. The molecule has 16 heavy (non-hydrogen) atoms. The van der Waals surface area contributed by atoms with E-state index in [-0.39, 0.29) is 0 Å². The number of halogens is 1. The molecule has 0 radical (unpaired) electrons. The molecule has 1 unspecified atom stereocenters. The van der Waals surface area contributed by atoms with Crippen LogP contribution in [0.5, 0.6) is 0 Å². The Morgan fingerprint density at radius 2 is 2.00 bits per heavy atom. The lowest BCUT2D eigenvalue weighted by molar-refractivity contribution is 1.17. The lowest BCUT2D eigenvalue weighted by Gasteiger charge is -2.00. The molecule has 0 bridgehead atoms. The van der Waals surface area contributed by atoms with Gasteiger partial charge in [-0.3, -0.25) is 0 Å². The van der Waals surface area contributed by atoms with Crippen molar-refractivity contribution in [1.29, 1.82) is 5.26 Å². The Morgan fingerprint density at radius 1 is 1.25 bits per heavy atom. The van der Waals surface area contributed by atoms with E-state index in [9.17, 15) is 0 Å². The normalized spacial score (nSPS) is 12.1. The van der Waals surface area contributed by atoms with E-state index in [1.54, 1.807) is 11.3 Å². The van der Waals surface area contributed by atoms with E-state index < -0.39 is 0 Å². The Kier molecular flexibility index (Phi) is 3.42. The lowest BCUT2D eigenvalue weighted by Crippen LogP contribution is -1.79. The average molecular weight is 292 g/mol. The van der Waals surface area contributed by atoms with Gasteiger partial charge >= 0.3 is 0 Å². The highest BCUT2D eigenvalue weighted by Crippen LogP contribution is 2.35. The molecule has 1 heterocycles. The van der Waals surface area contributed by atoms with Gasteiger partial charge in [-0.25, -0.2) is 0 Å². The van der Waals surface area contributed by atoms with Gasteiger partial charge in [-0.05, 0) is 25.1 Å². The minimum absolute atomic E-state index is 0.362. The molecule has 1 aromatic carbocycles. The average Bonchev–Trinajstić information content (AvgIpc) is 2.78. The Balaban J connectivity index is 2.47. The second-order valence-corrected chi connectivity index (χ2v) is 5.96. The monoisotopic (exact) mass is 291 g/mol. The van der Waals surface area contributed by atoms with Gasteiger partial charge in [0.1, 0.15) is 0 Å². The maximum Gasteiger partial charge on any atom is 0.0998 e. The maximum atomic E-state index is 9.04. The van der Waals surface area contributed by atoms with Crippen molar-refractivity contribution in [3.8, 4) is 16.5 Å². The lowest BCUT2D eigenvalue weighted by atomic mass is 10.1. The minimum Gasteiger partial charge on any atom is -0.192 e. The fourth-order valence-corrected chi connectivity index (χ4v) is 2.92. The summed E-state index contributed by atoms with van der Waals surface area (Å²) in [5.74, 6) is 0. The summed E-state index contributed by atoms with van der Waals surface area (Å²) in [4.78, 5) is 2.79. The number of nitrogens with zero attached hydrogens (tertiary/aromatic N) is 1. The summed E-state index contributed by atoms with van der Waals surface area (Å²) >= 11 is 5.27. The van der Waals surface area contributed by atoms with E-state index in [4.69, 9.17) is 5.26 Å². The van der Waals surface area contributed by atoms with E-state index in [1.165, 1.54) is 4.88 Å². The van der Waals surface area contributed by atoms with Crippen LogP contribution in [0.3, 0.4) is 0 Å². The molecule has 0 aliphatic carbocycles. The Labute approximate surface area is 107 Å². The molecular formula is C13H10BrNS. The molecule has 0 aliphatic heterocycles. The third kappa shape index (κ3) is 2.18. The quantitative estimate of drug-likeness (QED) is 0.733. The van der Waals surface area contributed by atoms with Crippen molar-refractivity contribution in [3.05, 3.63) is 46.8 Å². The second kappa shape index (κ2) is 4.82. The molecule has 0 aliphatic rings. The zero-order chi connectivity index (χ0) is 11.5. The zero-order valence-corrected chi connectivity index (χ0v) is 11.2. The number of hydrogen-bond acceptors (Lipinski definition) is 2. The summed E-state index contributed by atoms with van der Waals surface area (Å²) in [6, 6.07) is 14.1. The van der Waals surface area contributed by atoms with Crippen LogP contribution in [0, 0.1) is 11.3 Å². The van der Waals surface area contributed by atoms with Gasteiger partial charge in [0.05, 0.1) is 11.6 Å². The maximum absolute atomic E-state index is 9.04. The van der Waals surface area contributed by atoms with Crippen molar-refractivity contribution >= 4 is 27.3 Å². The molecule has 0 fully saturated rings. The van der Waals surface area contributed by atoms with Crippen LogP contribution in [-0.2, 0) is 0 Å². The van der Waals surface area contributed by atoms with Crippen molar-refractivity contribution < 1.29 is 0 Å². The van der Waals surface area contributed by atoms with Gasteiger partial charge in [0, 0.05) is 20.1 Å². The predicted octanol–water partition coefficient (Wildman–Crippen LogP) is 4.74. The van der Waals surface area contributed by atoms with Gasteiger partial charge in [-0.1, -0.05) is 34.1 Å². The SMILES string of the molecule is CC(Br)c1ccc(-c2ccccc2C#N)s1.